The first-order chi connectivity index (χ1) is 25.7. The zero-order valence-corrected chi connectivity index (χ0v) is 32.4. The number of ether oxygens (including phenoxy) is 3. The summed E-state index contributed by atoms with van der Waals surface area (Å²) >= 11 is 0. The highest BCUT2D eigenvalue weighted by atomic mass is 16.6. The number of nitrogens with zero attached hydrogens (tertiary/aromatic N) is 2. The molecule has 0 saturated heterocycles. The van der Waals surface area contributed by atoms with Gasteiger partial charge in [-0.1, -0.05) is 57.2 Å². The highest BCUT2D eigenvalue weighted by Crippen LogP contribution is 2.25. The third-order valence-electron chi connectivity index (χ3n) is 7.32. The normalized spacial score (nSPS) is 11.7. The monoisotopic (exact) mass is 753 g/mol. The molecule has 0 unspecified atom stereocenters. The summed E-state index contributed by atoms with van der Waals surface area (Å²) in [7, 11) is 0. The number of aromatic nitrogens is 1. The maximum Gasteiger partial charge on any atom is 0.414 e. The molecule has 0 aliphatic rings. The summed E-state index contributed by atoms with van der Waals surface area (Å²) in [5.41, 5.74) is 0.768. The van der Waals surface area contributed by atoms with Crippen molar-refractivity contribution in [2.75, 3.05) is 0 Å². The van der Waals surface area contributed by atoms with E-state index in [0.29, 0.717) is 28.8 Å². The summed E-state index contributed by atoms with van der Waals surface area (Å²) in [5.74, 6) is -0.830. The Morgan fingerprint density at radius 1 is 0.745 bits per heavy atom. The number of hydrogen-bond donors (Lipinski definition) is 3. The summed E-state index contributed by atoms with van der Waals surface area (Å²) in [4.78, 5) is 76.2. The highest BCUT2D eigenvalue weighted by Gasteiger charge is 2.27. The molecule has 0 aliphatic heterocycles. The van der Waals surface area contributed by atoms with Gasteiger partial charge in [0, 0.05) is 11.4 Å². The molecule has 0 bridgehead atoms. The first-order valence-electron chi connectivity index (χ1n) is 17.3. The van der Waals surface area contributed by atoms with E-state index in [-0.39, 0.29) is 40.7 Å². The summed E-state index contributed by atoms with van der Waals surface area (Å²) in [6, 6.07) is 24.3. The number of pyridine rings is 1. The average molecular weight is 754 g/mol. The minimum Gasteiger partial charge on any atom is -0.444 e. The molecular weight excluding hydrogens is 706 g/mol. The van der Waals surface area contributed by atoms with Crippen molar-refractivity contribution in [2.45, 2.75) is 86.0 Å². The maximum absolute atomic E-state index is 13.3. The summed E-state index contributed by atoms with van der Waals surface area (Å²) in [6.45, 7) is 16.5. The van der Waals surface area contributed by atoms with Crippen LogP contribution in [0.5, 0.6) is 5.75 Å². The number of nitrogens with one attached hydrogen (secondary N) is 3. The minimum atomic E-state index is -0.833. The fourth-order valence-electron chi connectivity index (χ4n) is 4.80. The number of carbonyl (C=O) groups is 4. The second kappa shape index (κ2) is 18.6. The zero-order chi connectivity index (χ0) is 41.0. The molecule has 0 spiro atoms. The van der Waals surface area contributed by atoms with E-state index < -0.39 is 29.4 Å². The SMILES string of the molecule is CC(C)(C)OC(=O)NC(=Nc1ccc(C(=O)Oc2ccc3nc(C(=O)N[C@@H](Cc4ccccc4)C(C)(C)C)ccc3c2)cc1)NC(=O)OC(C)(C)C.O=C=O. The number of amides is 3. The van der Waals surface area contributed by atoms with E-state index in [9.17, 15) is 19.2 Å². The second-order valence-electron chi connectivity index (χ2n) is 15.4. The first kappa shape index (κ1) is 43.0. The Kier molecular flexibility index (Phi) is 14.5. The highest BCUT2D eigenvalue weighted by molar-refractivity contribution is 6.02. The molecule has 3 amide bonds. The number of alkyl carbamates (subject to hydrolysis) is 2. The molecule has 0 fully saturated rings. The number of guanidine groups is 1. The molecule has 1 atom stereocenters. The molecule has 1 heterocycles. The van der Waals surface area contributed by atoms with E-state index in [1.54, 1.807) is 71.9 Å². The van der Waals surface area contributed by atoms with Crippen LogP contribution in [0.15, 0.2) is 89.9 Å². The minimum absolute atomic E-state index is 0.118. The van der Waals surface area contributed by atoms with Crippen LogP contribution in [0.4, 0.5) is 15.3 Å². The van der Waals surface area contributed by atoms with Gasteiger partial charge in [0.2, 0.25) is 5.96 Å². The molecule has 55 heavy (non-hydrogen) atoms. The van der Waals surface area contributed by atoms with Gasteiger partial charge in [0.1, 0.15) is 22.6 Å². The molecule has 14 heteroatoms. The van der Waals surface area contributed by atoms with Crippen LogP contribution in [0.25, 0.3) is 10.9 Å². The number of carbonyl (C=O) groups excluding carboxylic acids is 6. The average Bonchev–Trinajstić information content (AvgIpc) is 3.06. The van der Waals surface area contributed by atoms with Crippen LogP contribution in [0.1, 0.15) is 88.7 Å². The molecule has 0 radical (unpaired) electrons. The lowest BCUT2D eigenvalue weighted by Gasteiger charge is -2.31. The first-order valence-corrected chi connectivity index (χ1v) is 17.3. The van der Waals surface area contributed by atoms with Gasteiger partial charge in [0.15, 0.2) is 0 Å². The van der Waals surface area contributed by atoms with Crippen molar-refractivity contribution < 1.29 is 43.0 Å². The smallest absolute Gasteiger partial charge is 0.414 e. The standard InChI is InChI=1S/C40H47N5O7.CO2/c1-38(2,3)32(23-25-13-11-10-12-14-25)43-33(46)31-21-17-27-24-29(20-22-30(27)42-31)50-34(47)26-15-18-28(19-16-26)41-35(44-36(48)51-39(4,5)6)45-37(49)52-40(7,8)9;2-1-3/h10-22,24,32H,23H2,1-9H3,(H,43,46)(H2,41,44,45,48,49);/t32-;/m0./s1. The number of fused-ring (bicyclic) bond motifs is 1. The van der Waals surface area contributed by atoms with Crippen molar-refractivity contribution >= 4 is 52.8 Å². The Bertz CT molecular complexity index is 2010. The molecule has 0 saturated carbocycles. The van der Waals surface area contributed by atoms with Gasteiger partial charge in [-0.2, -0.15) is 9.59 Å². The van der Waals surface area contributed by atoms with E-state index in [4.69, 9.17) is 23.8 Å². The second-order valence-corrected chi connectivity index (χ2v) is 15.4. The van der Waals surface area contributed by atoms with E-state index in [1.165, 1.54) is 24.3 Å². The van der Waals surface area contributed by atoms with E-state index in [1.807, 2.05) is 30.3 Å². The van der Waals surface area contributed by atoms with Crippen molar-refractivity contribution in [3.05, 3.63) is 102 Å². The van der Waals surface area contributed by atoms with Crippen LogP contribution in [-0.4, -0.2) is 58.4 Å². The predicted octanol–water partition coefficient (Wildman–Crippen LogP) is 7.29. The molecule has 14 nitrogen and oxygen atoms in total. The van der Waals surface area contributed by atoms with Crippen molar-refractivity contribution in [1.29, 1.82) is 0 Å². The van der Waals surface area contributed by atoms with Gasteiger partial charge in [-0.25, -0.2) is 24.4 Å². The Morgan fingerprint density at radius 2 is 1.31 bits per heavy atom. The van der Waals surface area contributed by atoms with Gasteiger partial charge < -0.3 is 19.5 Å². The lowest BCUT2D eigenvalue weighted by molar-refractivity contribution is -0.191. The molecule has 3 aromatic carbocycles. The molecule has 290 valence electrons. The van der Waals surface area contributed by atoms with Crippen LogP contribution < -0.4 is 20.7 Å². The van der Waals surface area contributed by atoms with Gasteiger partial charge in [-0.15, -0.1) is 0 Å². The van der Waals surface area contributed by atoms with Crippen LogP contribution in [0.3, 0.4) is 0 Å². The molecule has 4 aromatic rings. The van der Waals surface area contributed by atoms with Gasteiger partial charge in [0.05, 0.1) is 16.8 Å². The molecule has 3 N–H and O–H groups in total. The van der Waals surface area contributed by atoms with Crippen LogP contribution in [0, 0.1) is 5.41 Å². The lowest BCUT2D eigenvalue weighted by Crippen LogP contribution is -2.47. The summed E-state index contributed by atoms with van der Waals surface area (Å²) in [6.07, 6.45) is -0.729. The number of benzene rings is 3. The van der Waals surface area contributed by atoms with Crippen LogP contribution in [0.2, 0.25) is 0 Å². The number of hydrogen-bond acceptors (Lipinski definition) is 11. The topological polar surface area (TPSA) is 191 Å². The van der Waals surface area contributed by atoms with Gasteiger partial charge in [0.25, 0.3) is 5.91 Å². The van der Waals surface area contributed by atoms with Crippen molar-refractivity contribution in [3.63, 3.8) is 0 Å². The van der Waals surface area contributed by atoms with Crippen LogP contribution in [-0.2, 0) is 25.5 Å². The fraction of sp³-hybridized carbons (Fsp3) is 0.341. The third-order valence-corrected chi connectivity index (χ3v) is 7.32. The van der Waals surface area contributed by atoms with E-state index in [0.717, 1.165) is 5.56 Å². The molecule has 1 aromatic heterocycles. The van der Waals surface area contributed by atoms with Gasteiger partial charge in [-0.05, 0) is 107 Å². The molecule has 0 aliphatic carbocycles. The number of aliphatic imine (C=N–C) groups is 1. The van der Waals surface area contributed by atoms with Crippen molar-refractivity contribution in [3.8, 4) is 5.75 Å². The predicted molar refractivity (Wildman–Crippen MR) is 205 cm³/mol. The molecular formula is C41H47N5O9. The Balaban J connectivity index is 0.00000262. The van der Waals surface area contributed by atoms with Crippen molar-refractivity contribution in [2.24, 2.45) is 10.4 Å². The van der Waals surface area contributed by atoms with Gasteiger partial charge in [-0.3, -0.25) is 15.4 Å². The number of esters is 1. The van der Waals surface area contributed by atoms with Crippen LogP contribution >= 0.6 is 0 Å². The summed E-state index contributed by atoms with van der Waals surface area (Å²) in [5, 5.41) is 8.67. The Hall–Kier alpha value is -6.40. The quantitative estimate of drug-likeness (QED) is 0.0747. The third kappa shape index (κ3) is 14.9. The molecule has 4 rings (SSSR count). The summed E-state index contributed by atoms with van der Waals surface area (Å²) < 4.78 is 16.2. The Labute approximate surface area is 320 Å². The van der Waals surface area contributed by atoms with E-state index >= 15 is 0 Å². The van der Waals surface area contributed by atoms with Crippen molar-refractivity contribution in [1.82, 2.24) is 20.9 Å². The largest absolute Gasteiger partial charge is 0.444 e. The van der Waals surface area contributed by atoms with E-state index in [2.05, 4.69) is 46.7 Å². The lowest BCUT2D eigenvalue weighted by atomic mass is 9.83. The fourth-order valence-corrected chi connectivity index (χ4v) is 4.80. The zero-order valence-electron chi connectivity index (χ0n) is 32.4. The Morgan fingerprint density at radius 3 is 1.84 bits per heavy atom. The number of rotatable bonds is 7. The maximum atomic E-state index is 13.3. The van der Waals surface area contributed by atoms with Gasteiger partial charge >= 0.3 is 24.3 Å².